The minimum absolute atomic E-state index is 0.165. The molecule has 0 bridgehead atoms. The van der Waals surface area contributed by atoms with Gasteiger partial charge in [0.05, 0.1) is 18.8 Å². The highest BCUT2D eigenvalue weighted by molar-refractivity contribution is 7.99. The summed E-state index contributed by atoms with van der Waals surface area (Å²) in [4.78, 5) is 4.29. The first-order chi connectivity index (χ1) is 11.2. The summed E-state index contributed by atoms with van der Waals surface area (Å²) in [6, 6.07) is 13.6. The van der Waals surface area contributed by atoms with Crippen LogP contribution in [0, 0.1) is 28.6 Å². The van der Waals surface area contributed by atoms with Gasteiger partial charge in [-0.25, -0.2) is 4.98 Å². The summed E-state index contributed by atoms with van der Waals surface area (Å²) in [6.45, 7) is 1.48. The number of benzene rings is 1. The first-order valence-corrected chi connectivity index (χ1v) is 8.12. The summed E-state index contributed by atoms with van der Waals surface area (Å²) in [5, 5.41) is 19.6. The highest BCUT2D eigenvalue weighted by atomic mass is 32.2. The summed E-state index contributed by atoms with van der Waals surface area (Å²) in [5.41, 5.74) is 7.99. The zero-order valence-corrected chi connectivity index (χ0v) is 13.1. The van der Waals surface area contributed by atoms with Crippen LogP contribution in [-0.4, -0.2) is 24.0 Å². The third kappa shape index (κ3) is 3.00. The van der Waals surface area contributed by atoms with E-state index in [1.54, 1.807) is 0 Å². The second-order valence-corrected chi connectivity index (χ2v) is 6.24. The van der Waals surface area contributed by atoms with E-state index in [1.807, 2.05) is 30.3 Å². The predicted molar refractivity (Wildman–Crippen MR) is 88.5 cm³/mol. The quantitative estimate of drug-likeness (QED) is 0.870. The van der Waals surface area contributed by atoms with Crippen molar-refractivity contribution in [1.82, 2.24) is 4.98 Å². The number of anilines is 1. The van der Waals surface area contributed by atoms with Crippen molar-refractivity contribution in [2.24, 2.45) is 5.92 Å². The number of ether oxygens (including phenoxy) is 1. The molecule has 23 heavy (non-hydrogen) atoms. The van der Waals surface area contributed by atoms with Crippen LogP contribution >= 0.6 is 11.8 Å². The molecule has 2 heterocycles. The van der Waals surface area contributed by atoms with E-state index in [-0.39, 0.29) is 11.4 Å². The zero-order chi connectivity index (χ0) is 16.2. The number of aromatic nitrogens is 1. The molecule has 2 aromatic rings. The first-order valence-electron chi connectivity index (χ1n) is 7.14. The molecular weight excluding hydrogens is 308 g/mol. The van der Waals surface area contributed by atoms with E-state index in [9.17, 15) is 10.5 Å². The molecule has 6 heteroatoms. The number of hydrogen-bond donors (Lipinski definition) is 1. The molecule has 1 fully saturated rings. The van der Waals surface area contributed by atoms with E-state index in [2.05, 4.69) is 17.1 Å². The maximum atomic E-state index is 9.63. The van der Waals surface area contributed by atoms with Crippen LogP contribution in [0.15, 0.2) is 35.4 Å². The number of thioether (sulfide) groups is 1. The Balaban J connectivity index is 2.09. The molecule has 1 aromatic carbocycles. The summed E-state index contributed by atoms with van der Waals surface area (Å²) in [6.07, 6.45) is 0. The smallest absolute Gasteiger partial charge is 0.143 e. The number of rotatable bonds is 4. The monoisotopic (exact) mass is 322 g/mol. The van der Waals surface area contributed by atoms with Gasteiger partial charge in [0.15, 0.2) is 0 Å². The van der Waals surface area contributed by atoms with Crippen LogP contribution in [0.4, 0.5) is 5.82 Å². The lowest BCUT2D eigenvalue weighted by Crippen LogP contribution is -2.29. The molecule has 114 valence electrons. The third-order valence-electron chi connectivity index (χ3n) is 3.64. The number of nitrogens with two attached hydrogens (primary N) is 1. The Kier molecular flexibility index (Phi) is 4.47. The highest BCUT2D eigenvalue weighted by Gasteiger charge is 2.23. The summed E-state index contributed by atoms with van der Waals surface area (Å²) in [5.74, 6) is 1.46. The Morgan fingerprint density at radius 1 is 1.17 bits per heavy atom. The van der Waals surface area contributed by atoms with Crippen molar-refractivity contribution in [3.8, 4) is 23.3 Å². The van der Waals surface area contributed by atoms with Crippen LogP contribution in [0.2, 0.25) is 0 Å². The molecule has 1 aromatic heterocycles. The zero-order valence-electron chi connectivity index (χ0n) is 12.3. The van der Waals surface area contributed by atoms with E-state index in [1.165, 1.54) is 11.8 Å². The van der Waals surface area contributed by atoms with Gasteiger partial charge in [-0.05, 0) is 5.56 Å². The second kappa shape index (κ2) is 6.70. The molecule has 2 N–H and O–H groups in total. The maximum Gasteiger partial charge on any atom is 0.143 e. The van der Waals surface area contributed by atoms with Crippen molar-refractivity contribution in [2.75, 3.05) is 24.7 Å². The third-order valence-corrected chi connectivity index (χ3v) is 4.85. The fraction of sp³-hybridized carbons (Fsp3) is 0.235. The predicted octanol–water partition coefficient (Wildman–Crippen LogP) is 2.81. The van der Waals surface area contributed by atoms with Crippen LogP contribution in [0.25, 0.3) is 11.1 Å². The van der Waals surface area contributed by atoms with Crippen LogP contribution in [0.1, 0.15) is 11.1 Å². The summed E-state index contributed by atoms with van der Waals surface area (Å²) in [7, 11) is 0. The molecule has 0 atom stereocenters. The normalized spacial score (nSPS) is 13.8. The van der Waals surface area contributed by atoms with Gasteiger partial charge in [0.1, 0.15) is 28.5 Å². The Labute approximate surface area is 138 Å². The van der Waals surface area contributed by atoms with Gasteiger partial charge in [-0.2, -0.15) is 10.5 Å². The molecule has 3 rings (SSSR count). The standard InChI is InChI=1S/C17H14N4OS/c18-6-13-15(12-4-2-1-3-5-12)14(7-19)17(21-16(13)20)23-10-11-8-22-9-11/h1-5,11H,8-10H2,(H2,20,21). The van der Waals surface area contributed by atoms with Crippen molar-refractivity contribution in [3.63, 3.8) is 0 Å². The molecule has 0 unspecified atom stereocenters. The van der Waals surface area contributed by atoms with Crippen LogP contribution < -0.4 is 5.73 Å². The minimum Gasteiger partial charge on any atom is -0.383 e. The summed E-state index contributed by atoms with van der Waals surface area (Å²) >= 11 is 1.49. The van der Waals surface area contributed by atoms with Crippen LogP contribution in [-0.2, 0) is 4.74 Å². The lowest BCUT2D eigenvalue weighted by atomic mass is 9.97. The Hall–Kier alpha value is -2.54. The minimum atomic E-state index is 0.165. The van der Waals surface area contributed by atoms with Gasteiger partial charge in [-0.3, -0.25) is 0 Å². The average Bonchev–Trinajstić information content (AvgIpc) is 2.53. The van der Waals surface area contributed by atoms with Gasteiger partial charge in [-0.1, -0.05) is 30.3 Å². The van der Waals surface area contributed by atoms with E-state index >= 15 is 0 Å². The Bertz CT molecular complexity index is 804. The van der Waals surface area contributed by atoms with Crippen molar-refractivity contribution in [3.05, 3.63) is 41.5 Å². The fourth-order valence-electron chi connectivity index (χ4n) is 2.37. The molecule has 1 aliphatic rings. The van der Waals surface area contributed by atoms with Crippen molar-refractivity contribution < 1.29 is 4.74 Å². The molecule has 1 saturated heterocycles. The number of nitrogen functional groups attached to an aromatic ring is 1. The average molecular weight is 322 g/mol. The van der Waals surface area contributed by atoms with Gasteiger partial charge < -0.3 is 10.5 Å². The van der Waals surface area contributed by atoms with E-state index in [4.69, 9.17) is 10.5 Å². The van der Waals surface area contributed by atoms with Crippen molar-refractivity contribution in [1.29, 1.82) is 10.5 Å². The molecule has 0 amide bonds. The lowest BCUT2D eigenvalue weighted by Gasteiger charge is -2.25. The fourth-order valence-corrected chi connectivity index (χ4v) is 3.41. The molecule has 0 saturated carbocycles. The lowest BCUT2D eigenvalue weighted by molar-refractivity contribution is -0.0196. The number of hydrogen-bond acceptors (Lipinski definition) is 6. The van der Waals surface area contributed by atoms with Crippen molar-refractivity contribution >= 4 is 17.6 Å². The van der Waals surface area contributed by atoms with Crippen LogP contribution in [0.5, 0.6) is 0 Å². The highest BCUT2D eigenvalue weighted by Crippen LogP contribution is 2.36. The van der Waals surface area contributed by atoms with Gasteiger partial charge in [0, 0.05) is 17.2 Å². The first kappa shape index (κ1) is 15.4. The second-order valence-electron chi connectivity index (χ2n) is 5.23. The number of nitriles is 2. The molecule has 0 radical (unpaired) electrons. The molecular formula is C17H14N4OS. The molecule has 0 spiro atoms. The largest absolute Gasteiger partial charge is 0.383 e. The SMILES string of the molecule is N#Cc1c(N)nc(SCC2COC2)c(C#N)c1-c1ccccc1. The van der Waals surface area contributed by atoms with E-state index in [0.717, 1.165) is 24.5 Å². The van der Waals surface area contributed by atoms with Gasteiger partial charge in [-0.15, -0.1) is 11.8 Å². The molecule has 1 aliphatic heterocycles. The Morgan fingerprint density at radius 2 is 1.87 bits per heavy atom. The van der Waals surface area contributed by atoms with E-state index in [0.29, 0.717) is 22.1 Å². The molecule has 5 nitrogen and oxygen atoms in total. The maximum absolute atomic E-state index is 9.63. The van der Waals surface area contributed by atoms with Gasteiger partial charge in [0.2, 0.25) is 0 Å². The topological polar surface area (TPSA) is 95.7 Å². The summed E-state index contributed by atoms with van der Waals surface area (Å²) < 4.78 is 5.17. The van der Waals surface area contributed by atoms with Gasteiger partial charge >= 0.3 is 0 Å². The molecule has 0 aliphatic carbocycles. The Morgan fingerprint density at radius 3 is 2.43 bits per heavy atom. The van der Waals surface area contributed by atoms with Crippen LogP contribution in [0.3, 0.4) is 0 Å². The van der Waals surface area contributed by atoms with Crippen molar-refractivity contribution in [2.45, 2.75) is 5.03 Å². The number of nitrogens with zero attached hydrogens (tertiary/aromatic N) is 3. The van der Waals surface area contributed by atoms with E-state index < -0.39 is 0 Å². The van der Waals surface area contributed by atoms with Gasteiger partial charge in [0.25, 0.3) is 0 Å². The number of pyridine rings is 1.